The van der Waals surface area contributed by atoms with Gasteiger partial charge in [-0.1, -0.05) is 66.7 Å². The average molecular weight is 479 g/mol. The number of nitrogens with zero attached hydrogens (tertiary/aromatic N) is 2. The van der Waals surface area contributed by atoms with E-state index in [-0.39, 0.29) is 6.03 Å². The van der Waals surface area contributed by atoms with Crippen molar-refractivity contribution < 1.29 is 4.79 Å². The van der Waals surface area contributed by atoms with E-state index in [0.717, 1.165) is 30.5 Å². The maximum absolute atomic E-state index is 13.1. The molecular formula is C24H26Cl3N3O. The van der Waals surface area contributed by atoms with Gasteiger partial charge in [0.1, 0.15) is 0 Å². The van der Waals surface area contributed by atoms with Crippen molar-refractivity contribution >= 4 is 46.5 Å². The smallest absolute Gasteiger partial charge is 0.322 e. The zero-order valence-electron chi connectivity index (χ0n) is 17.5. The molecule has 1 heterocycles. The number of aromatic nitrogens is 1. The second-order valence-corrected chi connectivity index (χ2v) is 8.70. The summed E-state index contributed by atoms with van der Waals surface area (Å²) in [6.07, 6.45) is 5.13. The Labute approximate surface area is 198 Å². The molecule has 3 rings (SSSR count). The second kappa shape index (κ2) is 11.5. The van der Waals surface area contributed by atoms with Crippen LogP contribution in [-0.2, 0) is 13.1 Å². The fourth-order valence-electron chi connectivity index (χ4n) is 3.36. The third kappa shape index (κ3) is 6.93. The monoisotopic (exact) mass is 477 g/mol. The van der Waals surface area contributed by atoms with Gasteiger partial charge in [0.25, 0.3) is 0 Å². The molecule has 1 aromatic heterocycles. The van der Waals surface area contributed by atoms with Gasteiger partial charge in [-0.25, -0.2) is 4.79 Å². The first kappa shape index (κ1) is 23.5. The SMILES string of the molecule is CCCCCN(Cc1cccn1Cc1cccc(Cl)c1)C(=O)Nc1ccc(Cl)c(Cl)c1. The Hall–Kier alpha value is -2.14. The lowest BCUT2D eigenvalue weighted by Crippen LogP contribution is -2.36. The van der Waals surface area contributed by atoms with E-state index in [0.29, 0.717) is 40.4 Å². The van der Waals surface area contributed by atoms with Gasteiger partial charge in [0.2, 0.25) is 0 Å². The quantitative estimate of drug-likeness (QED) is 0.314. The van der Waals surface area contributed by atoms with Crippen molar-refractivity contribution in [2.24, 2.45) is 0 Å². The van der Waals surface area contributed by atoms with E-state index in [1.54, 1.807) is 18.2 Å². The van der Waals surface area contributed by atoms with E-state index >= 15 is 0 Å². The Balaban J connectivity index is 1.74. The highest BCUT2D eigenvalue weighted by molar-refractivity contribution is 6.42. The van der Waals surface area contributed by atoms with Gasteiger partial charge >= 0.3 is 6.03 Å². The van der Waals surface area contributed by atoms with E-state index in [1.165, 1.54) is 0 Å². The van der Waals surface area contributed by atoms with Crippen LogP contribution in [0.25, 0.3) is 0 Å². The van der Waals surface area contributed by atoms with Crippen LogP contribution in [0.5, 0.6) is 0 Å². The molecule has 2 amide bonds. The van der Waals surface area contributed by atoms with Crippen LogP contribution in [0, 0.1) is 0 Å². The van der Waals surface area contributed by atoms with Crippen molar-refractivity contribution in [1.82, 2.24) is 9.47 Å². The van der Waals surface area contributed by atoms with Crippen LogP contribution >= 0.6 is 34.8 Å². The summed E-state index contributed by atoms with van der Waals surface area (Å²) in [6, 6.07) is 16.8. The first-order valence-electron chi connectivity index (χ1n) is 10.4. The van der Waals surface area contributed by atoms with Gasteiger partial charge in [0, 0.05) is 35.7 Å². The summed E-state index contributed by atoms with van der Waals surface area (Å²) in [5.74, 6) is 0. The van der Waals surface area contributed by atoms with Crippen LogP contribution in [0.4, 0.5) is 10.5 Å². The van der Waals surface area contributed by atoms with Crippen LogP contribution in [0.15, 0.2) is 60.8 Å². The van der Waals surface area contributed by atoms with Crippen LogP contribution in [0.1, 0.15) is 37.4 Å². The number of halogens is 3. The molecule has 1 N–H and O–H groups in total. The minimum absolute atomic E-state index is 0.162. The molecule has 0 unspecified atom stereocenters. The predicted octanol–water partition coefficient (Wildman–Crippen LogP) is 7.72. The molecule has 0 spiro atoms. The number of rotatable bonds is 9. The molecule has 0 saturated heterocycles. The Bertz CT molecular complexity index is 1020. The summed E-state index contributed by atoms with van der Waals surface area (Å²) >= 11 is 18.2. The van der Waals surface area contributed by atoms with Gasteiger partial charge in [-0.3, -0.25) is 0 Å². The van der Waals surface area contributed by atoms with Gasteiger partial charge in [-0.15, -0.1) is 0 Å². The molecular weight excluding hydrogens is 453 g/mol. The normalized spacial score (nSPS) is 10.8. The highest BCUT2D eigenvalue weighted by Crippen LogP contribution is 2.25. The Morgan fingerprint density at radius 1 is 1.00 bits per heavy atom. The van der Waals surface area contributed by atoms with Crippen LogP contribution in [0.2, 0.25) is 15.1 Å². The molecule has 0 aliphatic carbocycles. The summed E-state index contributed by atoms with van der Waals surface area (Å²) < 4.78 is 2.14. The van der Waals surface area contributed by atoms with Gasteiger partial charge in [-0.2, -0.15) is 0 Å². The fraction of sp³-hybridized carbons (Fsp3) is 0.292. The first-order valence-corrected chi connectivity index (χ1v) is 11.5. The zero-order chi connectivity index (χ0) is 22.2. The minimum atomic E-state index is -0.162. The van der Waals surface area contributed by atoms with Gasteiger partial charge in [0.05, 0.1) is 16.6 Å². The molecule has 7 heteroatoms. The van der Waals surface area contributed by atoms with Crippen LogP contribution < -0.4 is 5.32 Å². The fourth-order valence-corrected chi connectivity index (χ4v) is 3.87. The molecule has 2 aromatic carbocycles. The Kier molecular flexibility index (Phi) is 8.70. The van der Waals surface area contributed by atoms with Crippen molar-refractivity contribution in [2.75, 3.05) is 11.9 Å². The summed E-state index contributed by atoms with van der Waals surface area (Å²) in [5, 5.41) is 4.53. The Morgan fingerprint density at radius 2 is 1.84 bits per heavy atom. The molecule has 164 valence electrons. The lowest BCUT2D eigenvalue weighted by atomic mass is 10.2. The maximum atomic E-state index is 13.1. The van der Waals surface area contributed by atoms with E-state index in [4.69, 9.17) is 34.8 Å². The van der Waals surface area contributed by atoms with E-state index in [2.05, 4.69) is 16.8 Å². The van der Waals surface area contributed by atoms with Crippen LogP contribution in [0.3, 0.4) is 0 Å². The number of benzene rings is 2. The Morgan fingerprint density at radius 3 is 2.58 bits per heavy atom. The van der Waals surface area contributed by atoms with Gasteiger partial charge in [-0.05, 0) is 54.4 Å². The zero-order valence-corrected chi connectivity index (χ0v) is 19.7. The van der Waals surface area contributed by atoms with Gasteiger partial charge in [0.15, 0.2) is 0 Å². The first-order chi connectivity index (χ1) is 15.0. The number of carbonyl (C=O) groups excluding carboxylic acids is 1. The van der Waals surface area contributed by atoms with Crippen molar-refractivity contribution in [2.45, 2.75) is 39.3 Å². The van der Waals surface area contributed by atoms with E-state index in [9.17, 15) is 4.79 Å². The number of anilines is 1. The summed E-state index contributed by atoms with van der Waals surface area (Å²) in [6.45, 7) is 4.02. The topological polar surface area (TPSA) is 37.3 Å². The van der Waals surface area contributed by atoms with Crippen LogP contribution in [-0.4, -0.2) is 22.0 Å². The number of hydrogen-bond donors (Lipinski definition) is 1. The number of carbonyl (C=O) groups is 1. The lowest BCUT2D eigenvalue weighted by Gasteiger charge is -2.24. The molecule has 0 radical (unpaired) electrons. The molecule has 4 nitrogen and oxygen atoms in total. The largest absolute Gasteiger partial charge is 0.345 e. The number of urea groups is 1. The van der Waals surface area contributed by atoms with Crippen molar-refractivity contribution in [3.05, 3.63) is 87.1 Å². The molecule has 31 heavy (non-hydrogen) atoms. The van der Waals surface area contributed by atoms with Crippen molar-refractivity contribution in [1.29, 1.82) is 0 Å². The third-order valence-corrected chi connectivity index (χ3v) is 5.98. The molecule has 0 fully saturated rings. The second-order valence-electron chi connectivity index (χ2n) is 7.45. The molecule has 0 aliphatic rings. The highest BCUT2D eigenvalue weighted by Gasteiger charge is 2.16. The molecule has 0 saturated carbocycles. The molecule has 0 bridgehead atoms. The maximum Gasteiger partial charge on any atom is 0.322 e. The number of amides is 2. The molecule has 0 atom stereocenters. The molecule has 0 aliphatic heterocycles. The van der Waals surface area contributed by atoms with E-state index < -0.39 is 0 Å². The lowest BCUT2D eigenvalue weighted by molar-refractivity contribution is 0.206. The summed E-state index contributed by atoms with van der Waals surface area (Å²) in [7, 11) is 0. The van der Waals surface area contributed by atoms with Crippen molar-refractivity contribution in [3.63, 3.8) is 0 Å². The summed E-state index contributed by atoms with van der Waals surface area (Å²) in [5.41, 5.74) is 2.79. The standard InChI is InChI=1S/C24H26Cl3N3O/c1-2-3-4-12-30(24(31)28-20-10-11-22(26)23(27)15-20)17-21-9-6-13-29(21)16-18-7-5-8-19(25)14-18/h5-11,13-15H,2-4,12,16-17H2,1H3,(H,28,31). The third-order valence-electron chi connectivity index (χ3n) is 5.01. The molecule has 3 aromatic rings. The highest BCUT2D eigenvalue weighted by atomic mass is 35.5. The van der Waals surface area contributed by atoms with E-state index in [1.807, 2.05) is 47.5 Å². The number of unbranched alkanes of at least 4 members (excludes halogenated alkanes) is 2. The van der Waals surface area contributed by atoms with Crippen molar-refractivity contribution in [3.8, 4) is 0 Å². The summed E-state index contributed by atoms with van der Waals surface area (Å²) in [4.78, 5) is 14.9. The predicted molar refractivity (Wildman–Crippen MR) is 130 cm³/mol. The average Bonchev–Trinajstić information content (AvgIpc) is 3.16. The minimum Gasteiger partial charge on any atom is -0.345 e. The van der Waals surface area contributed by atoms with Gasteiger partial charge < -0.3 is 14.8 Å². The number of nitrogens with one attached hydrogen (secondary N) is 1. The number of hydrogen-bond acceptors (Lipinski definition) is 1.